The van der Waals surface area contributed by atoms with E-state index >= 15 is 0 Å². The van der Waals surface area contributed by atoms with Crippen molar-refractivity contribution in [2.24, 2.45) is 0 Å². The Balaban J connectivity index is 1.60. The van der Waals surface area contributed by atoms with Crippen LogP contribution in [0.25, 0.3) is 0 Å². The first-order chi connectivity index (χ1) is 11.2. The van der Waals surface area contributed by atoms with E-state index in [1.54, 1.807) is 0 Å². The maximum absolute atomic E-state index is 12.8. The topological polar surface area (TPSA) is 58.8 Å². The number of nitrogens with two attached hydrogens (primary N) is 1. The molecule has 0 spiro atoms. The van der Waals surface area contributed by atoms with Crippen molar-refractivity contribution in [2.75, 3.05) is 45.1 Å². The summed E-state index contributed by atoms with van der Waals surface area (Å²) in [5.41, 5.74) is 7.50. The Kier molecular flexibility index (Phi) is 5.51. The van der Waals surface area contributed by atoms with E-state index in [0.717, 1.165) is 63.5 Å². The van der Waals surface area contributed by atoms with Crippen LogP contribution in [0.1, 0.15) is 24.8 Å². The van der Waals surface area contributed by atoms with Crippen LogP contribution in [0.5, 0.6) is 0 Å². The van der Waals surface area contributed by atoms with E-state index in [2.05, 4.69) is 9.80 Å². The number of hydrogen-bond donors (Lipinski definition) is 1. The highest BCUT2D eigenvalue weighted by Gasteiger charge is 2.28. The fourth-order valence-electron chi connectivity index (χ4n) is 3.51. The van der Waals surface area contributed by atoms with Crippen molar-refractivity contribution >= 4 is 11.6 Å². The van der Waals surface area contributed by atoms with E-state index in [4.69, 9.17) is 10.5 Å². The highest BCUT2D eigenvalue weighted by Crippen LogP contribution is 2.20. The highest BCUT2D eigenvalue weighted by atomic mass is 16.5. The van der Waals surface area contributed by atoms with Crippen molar-refractivity contribution in [3.63, 3.8) is 0 Å². The van der Waals surface area contributed by atoms with Crippen LogP contribution in [0.2, 0.25) is 0 Å². The maximum atomic E-state index is 12.8. The number of piperidine rings is 1. The largest absolute Gasteiger partial charge is 0.399 e. The van der Waals surface area contributed by atoms with Gasteiger partial charge in [-0.2, -0.15) is 0 Å². The molecule has 3 rings (SSSR count). The summed E-state index contributed by atoms with van der Waals surface area (Å²) in [4.78, 5) is 17.3. The smallest absolute Gasteiger partial charge is 0.227 e. The van der Waals surface area contributed by atoms with Crippen LogP contribution in [0.4, 0.5) is 5.69 Å². The number of ether oxygens (including phenoxy) is 1. The first-order valence-corrected chi connectivity index (χ1v) is 8.66. The molecule has 0 aliphatic carbocycles. The molecule has 2 aliphatic rings. The molecule has 126 valence electrons. The second-order valence-corrected chi connectivity index (χ2v) is 6.57. The van der Waals surface area contributed by atoms with Gasteiger partial charge in [0, 0.05) is 37.9 Å². The zero-order valence-corrected chi connectivity index (χ0v) is 13.7. The van der Waals surface area contributed by atoms with Gasteiger partial charge in [-0.25, -0.2) is 0 Å². The Labute approximate surface area is 138 Å². The molecule has 2 fully saturated rings. The Morgan fingerprint density at radius 2 is 1.87 bits per heavy atom. The molecule has 1 unspecified atom stereocenters. The number of hydrogen-bond acceptors (Lipinski definition) is 4. The Morgan fingerprint density at radius 1 is 1.13 bits per heavy atom. The third-order valence-electron chi connectivity index (χ3n) is 4.86. The molecule has 1 aromatic rings. The zero-order chi connectivity index (χ0) is 16.1. The number of rotatable bonds is 4. The summed E-state index contributed by atoms with van der Waals surface area (Å²) >= 11 is 0. The molecule has 1 atom stereocenters. The average Bonchev–Trinajstić information content (AvgIpc) is 2.58. The molecule has 2 saturated heterocycles. The van der Waals surface area contributed by atoms with Crippen molar-refractivity contribution in [3.05, 3.63) is 29.8 Å². The van der Waals surface area contributed by atoms with E-state index in [-0.39, 0.29) is 5.91 Å². The summed E-state index contributed by atoms with van der Waals surface area (Å²) in [6.45, 7) is 5.46. The number of nitrogens with zero attached hydrogens (tertiary/aromatic N) is 2. The minimum Gasteiger partial charge on any atom is -0.399 e. The van der Waals surface area contributed by atoms with Gasteiger partial charge in [-0.05, 0) is 37.0 Å². The van der Waals surface area contributed by atoms with Crippen LogP contribution in [0, 0.1) is 0 Å². The van der Waals surface area contributed by atoms with Gasteiger partial charge in [-0.15, -0.1) is 0 Å². The molecule has 5 heteroatoms. The van der Waals surface area contributed by atoms with Crippen molar-refractivity contribution < 1.29 is 9.53 Å². The molecule has 0 saturated carbocycles. The lowest BCUT2D eigenvalue weighted by atomic mass is 10.00. The van der Waals surface area contributed by atoms with E-state index in [1.807, 2.05) is 24.3 Å². The van der Waals surface area contributed by atoms with E-state index in [9.17, 15) is 4.79 Å². The van der Waals surface area contributed by atoms with Crippen LogP contribution < -0.4 is 5.73 Å². The third kappa shape index (κ3) is 4.45. The van der Waals surface area contributed by atoms with Gasteiger partial charge in [0.05, 0.1) is 19.6 Å². The molecular formula is C18H27N3O2. The number of likely N-dealkylation sites (tertiary alicyclic amines) is 1. The molecule has 2 aliphatic heterocycles. The maximum Gasteiger partial charge on any atom is 0.227 e. The molecule has 0 bridgehead atoms. The van der Waals surface area contributed by atoms with Crippen molar-refractivity contribution in [1.82, 2.24) is 9.80 Å². The van der Waals surface area contributed by atoms with Crippen LogP contribution in [-0.2, 0) is 16.0 Å². The molecule has 5 nitrogen and oxygen atoms in total. The lowest BCUT2D eigenvalue weighted by molar-refractivity contribution is -0.134. The monoisotopic (exact) mass is 317 g/mol. The minimum absolute atomic E-state index is 0.243. The zero-order valence-electron chi connectivity index (χ0n) is 13.7. The Morgan fingerprint density at radius 3 is 2.61 bits per heavy atom. The minimum atomic E-state index is 0.243. The predicted molar refractivity (Wildman–Crippen MR) is 91.2 cm³/mol. The first-order valence-electron chi connectivity index (χ1n) is 8.66. The van der Waals surface area contributed by atoms with Gasteiger partial charge < -0.3 is 15.4 Å². The number of benzene rings is 1. The molecule has 23 heavy (non-hydrogen) atoms. The molecule has 0 aromatic heterocycles. The number of carbonyl (C=O) groups excluding carboxylic acids is 1. The van der Waals surface area contributed by atoms with Crippen LogP contribution in [0.3, 0.4) is 0 Å². The summed E-state index contributed by atoms with van der Waals surface area (Å²) < 4.78 is 5.42. The summed E-state index contributed by atoms with van der Waals surface area (Å²) in [7, 11) is 0. The molecule has 0 radical (unpaired) electrons. The molecule has 1 aromatic carbocycles. The van der Waals surface area contributed by atoms with E-state index < -0.39 is 0 Å². The number of amides is 1. The van der Waals surface area contributed by atoms with Crippen molar-refractivity contribution in [2.45, 2.75) is 31.7 Å². The van der Waals surface area contributed by atoms with Gasteiger partial charge in [-0.1, -0.05) is 12.1 Å². The molecule has 2 heterocycles. The summed E-state index contributed by atoms with van der Waals surface area (Å²) in [6.07, 6.45) is 3.93. The third-order valence-corrected chi connectivity index (χ3v) is 4.86. The second-order valence-electron chi connectivity index (χ2n) is 6.57. The SMILES string of the molecule is Nc1ccc(CC(=O)N2CCCCC2CN2CCOCC2)cc1. The average molecular weight is 317 g/mol. The summed E-state index contributed by atoms with van der Waals surface area (Å²) in [5.74, 6) is 0.243. The number of anilines is 1. The van der Waals surface area contributed by atoms with Gasteiger partial charge >= 0.3 is 0 Å². The van der Waals surface area contributed by atoms with Gasteiger partial charge in [0.1, 0.15) is 0 Å². The summed E-state index contributed by atoms with van der Waals surface area (Å²) in [5, 5.41) is 0. The number of morpholine rings is 1. The lowest BCUT2D eigenvalue weighted by Crippen LogP contribution is -2.51. The van der Waals surface area contributed by atoms with E-state index in [0.29, 0.717) is 12.5 Å². The van der Waals surface area contributed by atoms with Gasteiger partial charge in [-0.3, -0.25) is 9.69 Å². The first kappa shape index (κ1) is 16.3. The molecular weight excluding hydrogens is 290 g/mol. The van der Waals surface area contributed by atoms with Crippen LogP contribution >= 0.6 is 0 Å². The highest BCUT2D eigenvalue weighted by molar-refractivity contribution is 5.79. The van der Waals surface area contributed by atoms with E-state index in [1.165, 1.54) is 6.42 Å². The Bertz CT molecular complexity index is 512. The van der Waals surface area contributed by atoms with Gasteiger partial charge in [0.15, 0.2) is 0 Å². The second kappa shape index (κ2) is 7.79. The fraction of sp³-hybridized carbons (Fsp3) is 0.611. The molecule has 1 amide bonds. The predicted octanol–water partition coefficient (Wildman–Crippen LogP) is 1.52. The van der Waals surface area contributed by atoms with Crippen LogP contribution in [-0.4, -0.2) is 61.1 Å². The number of nitrogen functional groups attached to an aromatic ring is 1. The van der Waals surface area contributed by atoms with Crippen molar-refractivity contribution in [3.8, 4) is 0 Å². The standard InChI is InChI=1S/C18H27N3O2/c19-16-6-4-15(5-7-16)13-18(22)21-8-2-1-3-17(21)14-20-9-11-23-12-10-20/h4-7,17H,1-3,8-14,19H2. The van der Waals surface area contributed by atoms with Crippen molar-refractivity contribution in [1.29, 1.82) is 0 Å². The Hall–Kier alpha value is -1.59. The van der Waals surface area contributed by atoms with Gasteiger partial charge in [0.2, 0.25) is 5.91 Å². The molecule has 2 N–H and O–H groups in total. The number of carbonyl (C=O) groups is 1. The fourth-order valence-corrected chi connectivity index (χ4v) is 3.51. The van der Waals surface area contributed by atoms with Gasteiger partial charge in [0.25, 0.3) is 0 Å². The summed E-state index contributed by atoms with van der Waals surface area (Å²) in [6, 6.07) is 7.99. The quantitative estimate of drug-likeness (QED) is 0.856. The lowest BCUT2D eigenvalue weighted by Gasteiger charge is -2.39. The van der Waals surface area contributed by atoms with Crippen LogP contribution in [0.15, 0.2) is 24.3 Å². The normalized spacial score (nSPS) is 23.0.